The van der Waals surface area contributed by atoms with Crippen LogP contribution in [0.3, 0.4) is 0 Å². The predicted molar refractivity (Wildman–Crippen MR) is 62.7 cm³/mol. The molecule has 0 aromatic heterocycles. The fourth-order valence-corrected chi connectivity index (χ4v) is 2.11. The zero-order valence-electron chi connectivity index (χ0n) is 8.69. The molecule has 82 valence electrons. The smallest absolute Gasteiger partial charge is 0.0635 e. The van der Waals surface area contributed by atoms with E-state index in [-0.39, 0.29) is 12.6 Å². The lowest BCUT2D eigenvalue weighted by Gasteiger charge is -2.25. The molecule has 5 N–H and O–H groups in total. The normalized spacial score (nSPS) is 20.9. The van der Waals surface area contributed by atoms with Gasteiger partial charge in [0.05, 0.1) is 24.0 Å². The Bertz CT molecular complexity index is 354. The Balaban J connectivity index is 2.25. The van der Waals surface area contributed by atoms with Crippen molar-refractivity contribution in [2.75, 3.05) is 29.5 Å². The number of nitrogens with two attached hydrogens (primary N) is 2. The monoisotopic (exact) mass is 207 g/mol. The van der Waals surface area contributed by atoms with Crippen molar-refractivity contribution in [3.8, 4) is 0 Å². The van der Waals surface area contributed by atoms with Crippen LogP contribution in [-0.2, 0) is 0 Å². The molecule has 0 aliphatic carbocycles. The van der Waals surface area contributed by atoms with Gasteiger partial charge in [0, 0.05) is 12.2 Å². The van der Waals surface area contributed by atoms with Gasteiger partial charge in [-0.25, -0.2) is 0 Å². The maximum Gasteiger partial charge on any atom is 0.0635 e. The molecule has 0 saturated carbocycles. The summed E-state index contributed by atoms with van der Waals surface area (Å²) in [6.45, 7) is 1.18. The molecule has 1 aromatic rings. The molecule has 0 amide bonds. The van der Waals surface area contributed by atoms with Crippen molar-refractivity contribution in [2.45, 2.75) is 18.9 Å². The topological polar surface area (TPSA) is 75.5 Å². The van der Waals surface area contributed by atoms with Crippen LogP contribution in [0.25, 0.3) is 0 Å². The van der Waals surface area contributed by atoms with Crippen molar-refractivity contribution in [3.05, 3.63) is 18.2 Å². The Morgan fingerprint density at radius 2 is 2.13 bits per heavy atom. The lowest BCUT2D eigenvalue weighted by atomic mass is 10.2. The highest BCUT2D eigenvalue weighted by Crippen LogP contribution is 2.28. The number of anilines is 3. The van der Waals surface area contributed by atoms with Gasteiger partial charge in [-0.2, -0.15) is 0 Å². The summed E-state index contributed by atoms with van der Waals surface area (Å²) in [4.78, 5) is 2.19. The molecule has 1 aliphatic heterocycles. The zero-order valence-corrected chi connectivity index (χ0v) is 8.69. The summed E-state index contributed by atoms with van der Waals surface area (Å²) in [7, 11) is 0. The van der Waals surface area contributed by atoms with Crippen molar-refractivity contribution >= 4 is 17.1 Å². The van der Waals surface area contributed by atoms with E-state index in [2.05, 4.69) is 4.90 Å². The number of hydrogen-bond acceptors (Lipinski definition) is 4. The van der Waals surface area contributed by atoms with Gasteiger partial charge >= 0.3 is 0 Å². The van der Waals surface area contributed by atoms with Crippen molar-refractivity contribution in [1.29, 1.82) is 0 Å². The summed E-state index contributed by atoms with van der Waals surface area (Å²) in [6, 6.07) is 5.88. The molecule has 4 heteroatoms. The maximum absolute atomic E-state index is 9.22. The number of nitrogen functional groups attached to an aromatic ring is 2. The Kier molecular flexibility index (Phi) is 2.68. The third kappa shape index (κ3) is 1.85. The predicted octanol–water partition coefficient (Wildman–Crippen LogP) is 0.812. The maximum atomic E-state index is 9.22. The van der Waals surface area contributed by atoms with Gasteiger partial charge < -0.3 is 21.5 Å². The second-order valence-corrected chi connectivity index (χ2v) is 3.99. The molecular formula is C11H17N3O. The molecule has 1 aromatic carbocycles. The molecule has 1 atom stereocenters. The summed E-state index contributed by atoms with van der Waals surface area (Å²) in [5, 5.41) is 9.22. The third-order valence-corrected chi connectivity index (χ3v) is 2.99. The first kappa shape index (κ1) is 10.1. The first-order valence-corrected chi connectivity index (χ1v) is 5.25. The van der Waals surface area contributed by atoms with E-state index in [1.165, 1.54) is 0 Å². The van der Waals surface area contributed by atoms with Gasteiger partial charge in [0.1, 0.15) is 0 Å². The summed E-state index contributed by atoms with van der Waals surface area (Å²) in [6.07, 6.45) is 2.16. The number of benzene rings is 1. The fraction of sp³-hybridized carbons (Fsp3) is 0.455. The van der Waals surface area contributed by atoms with Crippen LogP contribution in [0, 0.1) is 0 Å². The second kappa shape index (κ2) is 3.98. The molecule has 2 rings (SSSR count). The summed E-state index contributed by atoms with van der Waals surface area (Å²) >= 11 is 0. The molecule has 1 heterocycles. The zero-order chi connectivity index (χ0) is 10.8. The van der Waals surface area contributed by atoms with E-state index in [9.17, 15) is 5.11 Å². The fourth-order valence-electron chi connectivity index (χ4n) is 2.11. The van der Waals surface area contributed by atoms with Gasteiger partial charge in [0.15, 0.2) is 0 Å². The van der Waals surface area contributed by atoms with Gasteiger partial charge in [-0.3, -0.25) is 0 Å². The Labute approximate surface area is 89.5 Å². The van der Waals surface area contributed by atoms with Crippen molar-refractivity contribution in [2.24, 2.45) is 0 Å². The van der Waals surface area contributed by atoms with Gasteiger partial charge in [0.25, 0.3) is 0 Å². The van der Waals surface area contributed by atoms with Crippen LogP contribution in [0.2, 0.25) is 0 Å². The highest BCUT2D eigenvalue weighted by Gasteiger charge is 2.23. The third-order valence-electron chi connectivity index (χ3n) is 2.99. The number of rotatable bonds is 2. The van der Waals surface area contributed by atoms with E-state index in [1.807, 2.05) is 18.2 Å². The van der Waals surface area contributed by atoms with Gasteiger partial charge in [-0.05, 0) is 31.0 Å². The second-order valence-electron chi connectivity index (χ2n) is 3.99. The lowest BCUT2D eigenvalue weighted by Crippen LogP contribution is -2.32. The first-order valence-electron chi connectivity index (χ1n) is 5.25. The molecule has 1 fully saturated rings. The minimum Gasteiger partial charge on any atom is -0.397 e. The van der Waals surface area contributed by atoms with E-state index in [1.54, 1.807) is 0 Å². The highest BCUT2D eigenvalue weighted by molar-refractivity contribution is 5.70. The van der Waals surface area contributed by atoms with Crippen LogP contribution in [0.15, 0.2) is 18.2 Å². The van der Waals surface area contributed by atoms with Crippen LogP contribution >= 0.6 is 0 Å². The molecule has 0 spiro atoms. The molecule has 0 radical (unpaired) electrons. The number of hydrogen-bond donors (Lipinski definition) is 3. The number of aliphatic hydroxyl groups excluding tert-OH is 1. The van der Waals surface area contributed by atoms with Gasteiger partial charge in [-0.15, -0.1) is 0 Å². The average Bonchev–Trinajstić information content (AvgIpc) is 2.70. The number of aliphatic hydroxyl groups is 1. The van der Waals surface area contributed by atoms with Gasteiger partial charge in [-0.1, -0.05) is 0 Å². The van der Waals surface area contributed by atoms with Crippen molar-refractivity contribution < 1.29 is 5.11 Å². The SMILES string of the molecule is Nc1ccc(N2CCCC2CO)cc1N. The average molecular weight is 207 g/mol. The molecule has 1 unspecified atom stereocenters. The van der Waals surface area contributed by atoms with E-state index in [4.69, 9.17) is 11.5 Å². The van der Waals surface area contributed by atoms with E-state index < -0.39 is 0 Å². The van der Waals surface area contributed by atoms with Crippen LogP contribution in [0.1, 0.15) is 12.8 Å². The summed E-state index contributed by atoms with van der Waals surface area (Å²) < 4.78 is 0. The minimum absolute atomic E-state index is 0.199. The number of nitrogens with zero attached hydrogens (tertiary/aromatic N) is 1. The first-order chi connectivity index (χ1) is 7.22. The lowest BCUT2D eigenvalue weighted by molar-refractivity contribution is 0.266. The molecule has 1 saturated heterocycles. The molecule has 0 bridgehead atoms. The standard InChI is InChI=1S/C11H17N3O/c12-10-4-3-8(6-11(10)13)14-5-1-2-9(14)7-15/h3-4,6,9,15H,1-2,5,7,12-13H2. The van der Waals surface area contributed by atoms with Crippen molar-refractivity contribution in [1.82, 2.24) is 0 Å². The highest BCUT2D eigenvalue weighted by atomic mass is 16.3. The molecule has 1 aliphatic rings. The summed E-state index contributed by atoms with van der Waals surface area (Å²) in [5.74, 6) is 0. The van der Waals surface area contributed by atoms with E-state index in [0.29, 0.717) is 11.4 Å². The van der Waals surface area contributed by atoms with E-state index in [0.717, 1.165) is 25.1 Å². The van der Waals surface area contributed by atoms with Gasteiger partial charge in [0.2, 0.25) is 0 Å². The van der Waals surface area contributed by atoms with Crippen LogP contribution < -0.4 is 16.4 Å². The largest absolute Gasteiger partial charge is 0.397 e. The molecule has 15 heavy (non-hydrogen) atoms. The Morgan fingerprint density at radius 3 is 2.80 bits per heavy atom. The Hall–Kier alpha value is -1.42. The van der Waals surface area contributed by atoms with Crippen LogP contribution in [-0.4, -0.2) is 24.3 Å². The van der Waals surface area contributed by atoms with Crippen LogP contribution in [0.5, 0.6) is 0 Å². The van der Waals surface area contributed by atoms with E-state index >= 15 is 0 Å². The summed E-state index contributed by atoms with van der Waals surface area (Å²) in [5.41, 5.74) is 13.7. The van der Waals surface area contributed by atoms with Crippen LogP contribution in [0.4, 0.5) is 17.1 Å². The molecule has 4 nitrogen and oxygen atoms in total. The van der Waals surface area contributed by atoms with Crippen molar-refractivity contribution in [3.63, 3.8) is 0 Å². The minimum atomic E-state index is 0.199. The quantitative estimate of drug-likeness (QED) is 0.627. The Morgan fingerprint density at radius 1 is 1.33 bits per heavy atom. The molecular weight excluding hydrogens is 190 g/mol.